The van der Waals surface area contributed by atoms with Crippen molar-refractivity contribution in [2.45, 2.75) is 0 Å². The largest absolute Gasteiger partial charge is 2.00 e. The van der Waals surface area contributed by atoms with Gasteiger partial charge in [0.05, 0.1) is 22.1 Å². The molecule has 2 aromatic carbocycles. The molecule has 0 amide bonds. The molecule has 0 N–H and O–H groups in total. The van der Waals surface area contributed by atoms with E-state index in [0.29, 0.717) is 0 Å². The second-order valence-corrected chi connectivity index (χ2v) is 8.41. The number of hydrogen-bond donors (Lipinski definition) is 0. The van der Waals surface area contributed by atoms with Crippen molar-refractivity contribution in [2.24, 2.45) is 0 Å². The summed E-state index contributed by atoms with van der Waals surface area (Å²) in [6, 6.07) is 36.9. The number of hydrogen-bond acceptors (Lipinski definition) is 2. The monoisotopic (exact) mass is 629 g/mol. The average molecular weight is 630 g/mol. The van der Waals surface area contributed by atoms with Gasteiger partial charge in [0.1, 0.15) is 0 Å². The van der Waals surface area contributed by atoms with Crippen LogP contribution >= 0.6 is 0 Å². The van der Waals surface area contributed by atoms with Gasteiger partial charge in [0.15, 0.2) is 0 Å². The minimum absolute atomic E-state index is 0. The Morgan fingerprint density at radius 3 is 0.943 bits per heavy atom. The smallest absolute Gasteiger partial charge is 0.657 e. The van der Waals surface area contributed by atoms with Crippen LogP contribution in [0.2, 0.25) is 0 Å². The fourth-order valence-electron chi connectivity index (χ4n) is 4.62. The third kappa shape index (κ3) is 3.86. The fourth-order valence-corrected chi connectivity index (χ4v) is 4.62. The van der Waals surface area contributed by atoms with Crippen molar-refractivity contribution in [1.29, 1.82) is 0 Å². The van der Waals surface area contributed by atoms with Gasteiger partial charge in [-0.3, -0.25) is 0 Å². The molecule has 0 saturated heterocycles. The molecule has 35 heavy (non-hydrogen) atoms. The summed E-state index contributed by atoms with van der Waals surface area (Å²) in [5, 5.41) is 4.41. The third-order valence-electron chi connectivity index (χ3n) is 6.16. The van der Waals surface area contributed by atoms with Crippen molar-refractivity contribution in [2.75, 3.05) is 0 Å². The van der Waals surface area contributed by atoms with E-state index in [9.17, 15) is 0 Å². The van der Waals surface area contributed by atoms with E-state index in [1.54, 1.807) is 0 Å². The van der Waals surface area contributed by atoms with Crippen molar-refractivity contribution in [3.05, 3.63) is 109 Å². The van der Waals surface area contributed by atoms with Crippen LogP contribution in [0.4, 0.5) is 0 Å². The van der Waals surface area contributed by atoms with Crippen LogP contribution in [0.15, 0.2) is 109 Å². The van der Waals surface area contributed by atoms with Gasteiger partial charge in [-0.2, -0.15) is 0 Å². The van der Waals surface area contributed by atoms with E-state index in [1.165, 1.54) is 0 Å². The first-order valence-corrected chi connectivity index (χ1v) is 11.2. The Balaban J connectivity index is 0.00000229. The molecular weight excluding hydrogens is 611 g/mol. The fraction of sp³-hybridized carbons (Fsp3) is 0. The second kappa shape index (κ2) is 8.65. The number of rotatable bonds is 0. The van der Waals surface area contributed by atoms with Gasteiger partial charge in [0.25, 0.3) is 0 Å². The molecule has 0 aliphatic heterocycles. The van der Waals surface area contributed by atoms with Crippen LogP contribution in [0.3, 0.4) is 0 Å². The number of pyridine rings is 2. The minimum Gasteiger partial charge on any atom is -0.657 e. The third-order valence-corrected chi connectivity index (χ3v) is 6.16. The van der Waals surface area contributed by atoms with Crippen LogP contribution in [-0.2, 0) is 21.1 Å². The summed E-state index contributed by atoms with van der Waals surface area (Å²) < 4.78 is 0. The Bertz CT molecular complexity index is 1710. The van der Waals surface area contributed by atoms with E-state index in [4.69, 9.17) is 19.9 Å². The molecule has 0 aliphatic rings. The maximum atomic E-state index is 4.96. The van der Waals surface area contributed by atoms with Crippen LogP contribution in [0.1, 0.15) is 0 Å². The van der Waals surface area contributed by atoms with Gasteiger partial charge in [-0.25, -0.2) is 9.97 Å². The van der Waals surface area contributed by atoms with Gasteiger partial charge in [0.2, 0.25) is 0 Å². The zero-order valence-electron chi connectivity index (χ0n) is 18.5. The predicted octanol–water partition coefficient (Wildman–Crippen LogP) is 6.99. The molecule has 0 saturated carbocycles. The van der Waals surface area contributed by atoms with Crippen molar-refractivity contribution in [3.63, 3.8) is 0 Å². The minimum atomic E-state index is 0. The van der Waals surface area contributed by atoms with Gasteiger partial charge in [-0.15, -0.1) is 22.1 Å². The second-order valence-electron chi connectivity index (χ2n) is 8.41. The number of benzene rings is 2. The Morgan fingerprint density at radius 2 is 0.657 bits per heavy atom. The summed E-state index contributed by atoms with van der Waals surface area (Å²) in [6.07, 6.45) is 0. The van der Waals surface area contributed by atoms with E-state index in [1.807, 2.05) is 84.9 Å². The number of aromatic nitrogens is 4. The summed E-state index contributed by atoms with van der Waals surface area (Å²) in [4.78, 5) is 19.7. The Labute approximate surface area is 215 Å². The molecule has 5 heteroatoms. The van der Waals surface area contributed by atoms with Gasteiger partial charge in [-0.05, 0) is 45.8 Å². The molecule has 0 spiro atoms. The first-order valence-electron chi connectivity index (χ1n) is 11.2. The molecule has 4 nitrogen and oxygen atoms in total. The summed E-state index contributed by atoms with van der Waals surface area (Å²) >= 11 is 0. The molecule has 8 bridgehead atoms. The van der Waals surface area contributed by atoms with Gasteiger partial charge >= 0.3 is 21.1 Å². The van der Waals surface area contributed by atoms with Crippen molar-refractivity contribution in [1.82, 2.24) is 19.9 Å². The van der Waals surface area contributed by atoms with E-state index < -0.39 is 0 Å². The van der Waals surface area contributed by atoms with Crippen LogP contribution in [-0.4, -0.2) is 9.97 Å². The van der Waals surface area contributed by atoms with E-state index >= 15 is 0 Å². The normalized spacial score (nSPS) is 11.2. The van der Waals surface area contributed by atoms with Crippen LogP contribution in [0, 0.1) is 0 Å². The molecule has 7 aromatic rings. The number of nitrogens with zero attached hydrogens (tertiary/aromatic N) is 4. The molecule has 7 rings (SSSR count). The van der Waals surface area contributed by atoms with E-state index in [-0.39, 0.29) is 21.1 Å². The van der Waals surface area contributed by atoms with Gasteiger partial charge < -0.3 is 9.97 Å². The van der Waals surface area contributed by atoms with Crippen molar-refractivity contribution in [3.8, 4) is 0 Å². The molecule has 5 aromatic heterocycles. The van der Waals surface area contributed by atoms with Crippen LogP contribution in [0.5, 0.6) is 0 Å². The summed E-state index contributed by atoms with van der Waals surface area (Å²) in [5.74, 6) is 0. The van der Waals surface area contributed by atoms with Gasteiger partial charge in [-0.1, -0.05) is 84.9 Å². The topological polar surface area (TPSA) is 54.0 Å². The van der Waals surface area contributed by atoms with E-state index in [0.717, 1.165) is 65.7 Å². The van der Waals surface area contributed by atoms with Crippen LogP contribution < -0.4 is 9.97 Å². The zero-order valence-corrected chi connectivity index (χ0v) is 20.8. The maximum Gasteiger partial charge on any atom is 2.00 e. The maximum absolute atomic E-state index is 4.96. The zero-order chi connectivity index (χ0) is 22.5. The first-order chi connectivity index (χ1) is 16.8. The molecule has 0 fully saturated rings. The molecular formula is C30H18N4Pt. The summed E-state index contributed by atoms with van der Waals surface area (Å²) in [6.45, 7) is 0. The average Bonchev–Trinajstić information content (AvgIpc) is 3.37. The molecule has 0 radical (unpaired) electrons. The number of fused-ring (bicyclic) bond motifs is 14. The molecule has 5 heterocycles. The Morgan fingerprint density at radius 1 is 0.371 bits per heavy atom. The standard InChI is InChI=1S/C30H18N4.Pt/c1-2-12-24-23(11-1)27-15-19-7-5-9-21(31-19)17-29-25-13-3-4-14-26(25)30(34-29)18-22-10-6-8-20(32-22)16-28(24)33-27;/h1-18H;/q-2;+2. The van der Waals surface area contributed by atoms with E-state index in [2.05, 4.69) is 24.3 Å². The molecule has 0 aliphatic carbocycles. The molecule has 168 valence electrons. The molecule has 0 atom stereocenters. The molecule has 0 unspecified atom stereocenters. The summed E-state index contributed by atoms with van der Waals surface area (Å²) in [7, 11) is 0. The summed E-state index contributed by atoms with van der Waals surface area (Å²) in [5.41, 5.74) is 7.05. The van der Waals surface area contributed by atoms with Crippen molar-refractivity contribution < 1.29 is 21.1 Å². The Kier molecular flexibility index (Phi) is 5.32. The van der Waals surface area contributed by atoms with Crippen LogP contribution in [0.25, 0.3) is 65.7 Å². The van der Waals surface area contributed by atoms with Crippen molar-refractivity contribution >= 4 is 65.7 Å². The SMILES string of the molecule is [Pt+2].c1cc2cc3[n-]c(cc4cccc(cc5[n-]c(cc(c1)n2)c1ccccc51)n4)c1ccccc31. The van der Waals surface area contributed by atoms with Gasteiger partial charge in [0, 0.05) is 0 Å². The first kappa shape index (κ1) is 21.5. The quantitative estimate of drug-likeness (QED) is 0.182. The Hall–Kier alpha value is -4.01. The predicted molar refractivity (Wildman–Crippen MR) is 140 cm³/mol.